The van der Waals surface area contributed by atoms with E-state index in [0.717, 1.165) is 24.1 Å². The number of rotatable bonds is 6. The van der Waals surface area contributed by atoms with Gasteiger partial charge in [0.1, 0.15) is 5.69 Å². The molecule has 2 aliphatic rings. The second-order valence-corrected chi connectivity index (χ2v) is 11.4. The highest BCUT2D eigenvalue weighted by Crippen LogP contribution is 2.42. The van der Waals surface area contributed by atoms with Crippen LogP contribution in [-0.2, 0) is 26.4 Å². The Morgan fingerprint density at radius 2 is 1.90 bits per heavy atom. The number of nitrogens with one attached hydrogen (secondary N) is 1. The molecule has 1 aromatic heterocycles. The molecule has 4 rings (SSSR count). The zero-order valence-corrected chi connectivity index (χ0v) is 17.2. The van der Waals surface area contributed by atoms with E-state index >= 15 is 0 Å². The molecule has 0 spiro atoms. The molecule has 9 nitrogen and oxygen atoms in total. The molecule has 29 heavy (non-hydrogen) atoms. The van der Waals surface area contributed by atoms with Gasteiger partial charge in [0.2, 0.25) is 10.0 Å². The van der Waals surface area contributed by atoms with Crippen LogP contribution in [0, 0.1) is 0 Å². The predicted molar refractivity (Wildman–Crippen MR) is 105 cm³/mol. The fraction of sp³-hybridized carbons (Fsp3) is 0.444. The number of sulfone groups is 1. The SMILES string of the molecule is NS(=O)(=O)c1ccc(CNC(=O)c2cc(C3CC3)n([C@@H]3CCS(=O)(=O)C3)n2)cc1. The number of nitrogens with zero attached hydrogens (tertiary/aromatic N) is 2. The van der Waals surface area contributed by atoms with Crippen molar-refractivity contribution in [3.63, 3.8) is 0 Å². The van der Waals surface area contributed by atoms with E-state index in [0.29, 0.717) is 12.3 Å². The molecule has 1 aliphatic carbocycles. The third-order valence-corrected chi connectivity index (χ3v) is 7.93. The molecule has 11 heteroatoms. The average Bonchev–Trinajstić information content (AvgIpc) is 3.30. The summed E-state index contributed by atoms with van der Waals surface area (Å²) in [5.74, 6) is 0.184. The molecule has 2 heterocycles. The number of amides is 1. The summed E-state index contributed by atoms with van der Waals surface area (Å²) in [6.07, 6.45) is 2.55. The van der Waals surface area contributed by atoms with Gasteiger partial charge in [0, 0.05) is 18.2 Å². The molecule has 3 N–H and O–H groups in total. The van der Waals surface area contributed by atoms with Crippen molar-refractivity contribution in [3.8, 4) is 0 Å². The molecule has 1 saturated carbocycles. The van der Waals surface area contributed by atoms with Crippen molar-refractivity contribution >= 4 is 25.8 Å². The van der Waals surface area contributed by atoms with Crippen LogP contribution in [0.25, 0.3) is 0 Å². The summed E-state index contributed by atoms with van der Waals surface area (Å²) in [6, 6.07) is 7.47. The predicted octanol–water partition coefficient (Wildman–Crippen LogP) is 0.697. The number of hydrogen-bond donors (Lipinski definition) is 2. The average molecular weight is 439 g/mol. The lowest BCUT2D eigenvalue weighted by Gasteiger charge is -2.12. The van der Waals surface area contributed by atoms with Crippen LogP contribution < -0.4 is 10.5 Å². The molecule has 0 bridgehead atoms. The fourth-order valence-electron chi connectivity index (χ4n) is 3.53. The minimum absolute atomic E-state index is 0.00640. The summed E-state index contributed by atoms with van der Waals surface area (Å²) < 4.78 is 48.0. The summed E-state index contributed by atoms with van der Waals surface area (Å²) in [5, 5.41) is 12.3. The Kier molecular flexibility index (Phi) is 4.99. The number of nitrogens with two attached hydrogens (primary N) is 1. The Bertz CT molecular complexity index is 1150. The van der Waals surface area contributed by atoms with Crippen molar-refractivity contribution in [1.29, 1.82) is 0 Å². The summed E-state index contributed by atoms with van der Waals surface area (Å²) in [7, 11) is -6.81. The topological polar surface area (TPSA) is 141 Å². The number of carbonyl (C=O) groups excluding carboxylic acids is 1. The molecule has 1 aromatic carbocycles. The number of hydrogen-bond acceptors (Lipinski definition) is 6. The van der Waals surface area contributed by atoms with Gasteiger partial charge < -0.3 is 5.32 Å². The number of aromatic nitrogens is 2. The number of sulfonamides is 1. The van der Waals surface area contributed by atoms with Crippen LogP contribution in [0.15, 0.2) is 35.2 Å². The molecule has 0 unspecified atom stereocenters. The largest absolute Gasteiger partial charge is 0.347 e. The van der Waals surface area contributed by atoms with Gasteiger partial charge in [0.15, 0.2) is 9.84 Å². The number of primary sulfonamides is 1. The smallest absolute Gasteiger partial charge is 0.272 e. The van der Waals surface area contributed by atoms with Crippen molar-refractivity contribution in [2.24, 2.45) is 5.14 Å². The molecule has 2 fully saturated rings. The van der Waals surface area contributed by atoms with Crippen LogP contribution in [-0.4, -0.2) is 44.0 Å². The van der Waals surface area contributed by atoms with E-state index in [9.17, 15) is 21.6 Å². The molecule has 156 valence electrons. The van der Waals surface area contributed by atoms with Crippen LogP contribution in [0.4, 0.5) is 0 Å². The summed E-state index contributed by atoms with van der Waals surface area (Å²) >= 11 is 0. The van der Waals surface area contributed by atoms with E-state index < -0.39 is 19.9 Å². The zero-order valence-electron chi connectivity index (χ0n) is 15.6. The third-order valence-electron chi connectivity index (χ3n) is 5.25. The van der Waals surface area contributed by atoms with Gasteiger partial charge in [-0.25, -0.2) is 22.0 Å². The van der Waals surface area contributed by atoms with Gasteiger partial charge in [-0.3, -0.25) is 9.48 Å². The van der Waals surface area contributed by atoms with Crippen molar-refractivity contribution in [1.82, 2.24) is 15.1 Å². The van der Waals surface area contributed by atoms with Crippen molar-refractivity contribution < 1.29 is 21.6 Å². The van der Waals surface area contributed by atoms with Gasteiger partial charge >= 0.3 is 0 Å². The molecule has 2 aromatic rings. The van der Waals surface area contributed by atoms with Crippen LogP contribution in [0.1, 0.15) is 53.0 Å². The minimum Gasteiger partial charge on any atom is -0.347 e. The number of benzene rings is 1. The van der Waals surface area contributed by atoms with E-state index in [1.807, 2.05) is 0 Å². The van der Waals surface area contributed by atoms with Crippen LogP contribution in [0.3, 0.4) is 0 Å². The van der Waals surface area contributed by atoms with Gasteiger partial charge in [0.05, 0.1) is 22.4 Å². The highest BCUT2D eigenvalue weighted by atomic mass is 32.2. The van der Waals surface area contributed by atoms with E-state index in [1.165, 1.54) is 12.1 Å². The van der Waals surface area contributed by atoms with Crippen molar-refractivity contribution in [3.05, 3.63) is 47.3 Å². The fourth-order valence-corrected chi connectivity index (χ4v) is 5.74. The molecule has 1 atom stereocenters. The van der Waals surface area contributed by atoms with Gasteiger partial charge in [-0.2, -0.15) is 5.10 Å². The highest BCUT2D eigenvalue weighted by Gasteiger charge is 2.36. The van der Waals surface area contributed by atoms with E-state index in [-0.39, 0.29) is 40.6 Å². The summed E-state index contributed by atoms with van der Waals surface area (Å²) in [4.78, 5) is 12.6. The quantitative estimate of drug-likeness (QED) is 0.680. The first-order valence-corrected chi connectivity index (χ1v) is 12.7. The van der Waals surface area contributed by atoms with Gasteiger partial charge in [-0.05, 0) is 43.0 Å². The van der Waals surface area contributed by atoms with Crippen molar-refractivity contribution in [2.45, 2.75) is 42.7 Å². The second kappa shape index (κ2) is 7.22. The maximum atomic E-state index is 12.6. The molecule has 1 saturated heterocycles. The van der Waals surface area contributed by atoms with E-state index in [2.05, 4.69) is 10.4 Å². The van der Waals surface area contributed by atoms with Crippen LogP contribution >= 0.6 is 0 Å². The lowest BCUT2D eigenvalue weighted by Crippen LogP contribution is -2.24. The molecular formula is C18H22N4O5S2. The highest BCUT2D eigenvalue weighted by molar-refractivity contribution is 7.91. The third kappa shape index (κ3) is 4.51. The Labute approximate surface area is 169 Å². The minimum atomic E-state index is -3.76. The first-order valence-electron chi connectivity index (χ1n) is 9.32. The van der Waals surface area contributed by atoms with E-state index in [4.69, 9.17) is 5.14 Å². The van der Waals surface area contributed by atoms with Crippen LogP contribution in [0.5, 0.6) is 0 Å². The molecule has 1 amide bonds. The van der Waals surface area contributed by atoms with Gasteiger partial charge in [-0.1, -0.05) is 12.1 Å². The molecular weight excluding hydrogens is 416 g/mol. The van der Waals surface area contributed by atoms with Gasteiger partial charge in [-0.15, -0.1) is 0 Å². The Morgan fingerprint density at radius 1 is 1.21 bits per heavy atom. The van der Waals surface area contributed by atoms with E-state index in [1.54, 1.807) is 22.9 Å². The lowest BCUT2D eigenvalue weighted by atomic mass is 10.2. The first-order chi connectivity index (χ1) is 13.6. The Hall–Kier alpha value is -2.24. The summed E-state index contributed by atoms with van der Waals surface area (Å²) in [5.41, 5.74) is 1.90. The molecule has 1 aliphatic heterocycles. The first kappa shape index (κ1) is 20.0. The van der Waals surface area contributed by atoms with Crippen LogP contribution in [0.2, 0.25) is 0 Å². The summed E-state index contributed by atoms with van der Waals surface area (Å²) in [6.45, 7) is 0.202. The molecule has 0 radical (unpaired) electrons. The Morgan fingerprint density at radius 3 is 2.45 bits per heavy atom. The second-order valence-electron chi connectivity index (χ2n) is 7.60. The maximum absolute atomic E-state index is 12.6. The lowest BCUT2D eigenvalue weighted by molar-refractivity contribution is 0.0944. The number of carbonyl (C=O) groups is 1. The Balaban J connectivity index is 1.47. The van der Waals surface area contributed by atoms with Crippen molar-refractivity contribution in [2.75, 3.05) is 11.5 Å². The maximum Gasteiger partial charge on any atom is 0.272 e. The van der Waals surface area contributed by atoms with Gasteiger partial charge in [0.25, 0.3) is 5.91 Å². The standard InChI is InChI=1S/C18H22N4O5S2/c19-29(26,27)15-5-1-12(2-6-15)10-20-18(23)16-9-17(13-3-4-13)22(21-16)14-7-8-28(24,25)11-14/h1-2,5-6,9,13-14H,3-4,7-8,10-11H2,(H,20,23)(H2,19,26,27)/t14-/m1/s1. The normalized spacial score (nSPS) is 21.2. The monoisotopic (exact) mass is 438 g/mol. The zero-order chi connectivity index (χ0) is 20.8.